The van der Waals surface area contributed by atoms with Crippen LogP contribution >= 0.6 is 22.6 Å². The first-order chi connectivity index (χ1) is 8.54. The van der Waals surface area contributed by atoms with Gasteiger partial charge in [-0.3, -0.25) is 4.79 Å². The lowest BCUT2D eigenvalue weighted by Crippen LogP contribution is -2.09. The van der Waals surface area contributed by atoms with Gasteiger partial charge in [-0.2, -0.15) is 0 Å². The fraction of sp³-hybridized carbons (Fsp3) is 0.417. The number of nitrogens with one attached hydrogen (secondary N) is 1. The number of ether oxygens (including phenoxy) is 1. The van der Waals surface area contributed by atoms with Gasteiger partial charge in [-0.25, -0.2) is 4.39 Å². The summed E-state index contributed by atoms with van der Waals surface area (Å²) in [6.07, 6.45) is 0.958. The van der Waals surface area contributed by atoms with Crippen molar-refractivity contribution in [2.24, 2.45) is 0 Å². The van der Waals surface area contributed by atoms with Crippen LogP contribution in [0.25, 0.3) is 0 Å². The molecule has 0 bridgehead atoms. The maximum atomic E-state index is 13.3. The van der Waals surface area contributed by atoms with Crippen LogP contribution in [0.4, 0.5) is 15.8 Å². The summed E-state index contributed by atoms with van der Waals surface area (Å²) in [5.74, 6) is -0.529. The largest absolute Gasteiger partial charge is 0.466 e. The molecule has 0 aliphatic rings. The Morgan fingerprint density at radius 2 is 2.28 bits per heavy atom. The fourth-order valence-corrected chi connectivity index (χ4v) is 1.90. The third kappa shape index (κ3) is 4.67. The van der Waals surface area contributed by atoms with E-state index in [9.17, 15) is 9.18 Å². The maximum absolute atomic E-state index is 13.3. The van der Waals surface area contributed by atoms with Crippen LogP contribution in [0, 0.1) is 9.39 Å². The molecule has 100 valence electrons. The van der Waals surface area contributed by atoms with Crippen molar-refractivity contribution >= 4 is 39.9 Å². The third-order valence-corrected chi connectivity index (χ3v) is 3.10. The summed E-state index contributed by atoms with van der Waals surface area (Å²) in [7, 11) is 0. The molecule has 1 aromatic carbocycles. The summed E-state index contributed by atoms with van der Waals surface area (Å²) in [5.41, 5.74) is 6.80. The molecule has 1 aromatic rings. The minimum absolute atomic E-state index is 0.221. The van der Waals surface area contributed by atoms with E-state index in [0.29, 0.717) is 40.9 Å². The van der Waals surface area contributed by atoms with E-state index >= 15 is 0 Å². The van der Waals surface area contributed by atoms with Gasteiger partial charge in [0, 0.05) is 19.0 Å². The quantitative estimate of drug-likeness (QED) is 0.352. The summed E-state index contributed by atoms with van der Waals surface area (Å²) in [6, 6.07) is 2.94. The van der Waals surface area contributed by atoms with E-state index < -0.39 is 0 Å². The van der Waals surface area contributed by atoms with E-state index in [2.05, 4.69) is 5.32 Å². The first-order valence-electron chi connectivity index (χ1n) is 5.68. The molecule has 0 amide bonds. The topological polar surface area (TPSA) is 64.3 Å². The zero-order valence-corrected chi connectivity index (χ0v) is 12.3. The summed E-state index contributed by atoms with van der Waals surface area (Å²) in [6.45, 7) is 2.70. The molecule has 0 fully saturated rings. The highest BCUT2D eigenvalue weighted by Gasteiger charge is 2.06. The fourth-order valence-electron chi connectivity index (χ4n) is 1.40. The van der Waals surface area contributed by atoms with Gasteiger partial charge < -0.3 is 15.8 Å². The Labute approximate surface area is 119 Å². The summed E-state index contributed by atoms with van der Waals surface area (Å²) < 4.78 is 18.6. The number of carbonyl (C=O) groups excluding carboxylic acids is 1. The van der Waals surface area contributed by atoms with Crippen LogP contribution in [0.5, 0.6) is 0 Å². The minimum atomic E-state index is -0.308. The Kier molecular flexibility index (Phi) is 6.17. The van der Waals surface area contributed by atoms with Gasteiger partial charge in [-0.15, -0.1) is 0 Å². The summed E-state index contributed by atoms with van der Waals surface area (Å²) >= 11 is 1.89. The van der Waals surface area contributed by atoms with Gasteiger partial charge in [0.15, 0.2) is 0 Å². The van der Waals surface area contributed by atoms with Crippen molar-refractivity contribution in [2.45, 2.75) is 19.8 Å². The number of esters is 1. The smallest absolute Gasteiger partial charge is 0.305 e. The summed E-state index contributed by atoms with van der Waals surface area (Å²) in [5, 5.41) is 3.00. The molecule has 0 saturated carbocycles. The number of hydrogen-bond donors (Lipinski definition) is 2. The zero-order chi connectivity index (χ0) is 13.5. The molecule has 0 aliphatic carbocycles. The third-order valence-electron chi connectivity index (χ3n) is 2.27. The van der Waals surface area contributed by atoms with E-state index in [4.69, 9.17) is 10.5 Å². The van der Waals surface area contributed by atoms with Crippen molar-refractivity contribution in [2.75, 3.05) is 24.2 Å². The van der Waals surface area contributed by atoms with Gasteiger partial charge in [0.1, 0.15) is 5.82 Å². The van der Waals surface area contributed by atoms with Crippen molar-refractivity contribution in [1.29, 1.82) is 0 Å². The number of rotatable bonds is 6. The van der Waals surface area contributed by atoms with Crippen LogP contribution in [0.15, 0.2) is 12.1 Å². The second-order valence-corrected chi connectivity index (χ2v) is 4.85. The maximum Gasteiger partial charge on any atom is 0.305 e. The number of anilines is 2. The Bertz CT molecular complexity index is 427. The van der Waals surface area contributed by atoms with E-state index in [-0.39, 0.29) is 11.8 Å². The van der Waals surface area contributed by atoms with Gasteiger partial charge in [-0.05, 0) is 42.0 Å². The van der Waals surface area contributed by atoms with Gasteiger partial charge >= 0.3 is 5.97 Å². The number of benzene rings is 1. The van der Waals surface area contributed by atoms with E-state index in [1.807, 2.05) is 22.6 Å². The van der Waals surface area contributed by atoms with Gasteiger partial charge in [0.25, 0.3) is 0 Å². The van der Waals surface area contributed by atoms with Crippen molar-refractivity contribution in [3.05, 3.63) is 21.5 Å². The first kappa shape index (κ1) is 15.0. The van der Waals surface area contributed by atoms with E-state index in [1.54, 1.807) is 13.0 Å². The second-order valence-electron chi connectivity index (χ2n) is 3.69. The predicted octanol–water partition coefficient (Wildman–Crippen LogP) is 2.77. The number of halogens is 2. The SMILES string of the molecule is CCOC(=O)CCCNc1cc(F)c(I)cc1N. The number of hydrogen-bond acceptors (Lipinski definition) is 4. The second kappa shape index (κ2) is 7.40. The Hall–Kier alpha value is -1.05. The molecule has 18 heavy (non-hydrogen) atoms. The molecule has 3 N–H and O–H groups in total. The molecule has 4 nitrogen and oxygen atoms in total. The van der Waals surface area contributed by atoms with Crippen LogP contribution in [-0.2, 0) is 9.53 Å². The van der Waals surface area contributed by atoms with Crippen molar-refractivity contribution < 1.29 is 13.9 Å². The normalized spacial score (nSPS) is 10.2. The number of nitrogens with two attached hydrogens (primary N) is 1. The van der Waals surface area contributed by atoms with Crippen LogP contribution in [0.2, 0.25) is 0 Å². The van der Waals surface area contributed by atoms with E-state index in [1.165, 1.54) is 6.07 Å². The standard InChI is InChI=1S/C12H16FIN2O2/c1-2-18-12(17)4-3-5-16-11-6-8(13)9(14)7-10(11)15/h6-7,16H,2-5,15H2,1H3. The molecule has 0 aromatic heterocycles. The number of nitrogen functional groups attached to an aromatic ring is 1. The van der Waals surface area contributed by atoms with Gasteiger partial charge in [0.2, 0.25) is 0 Å². The zero-order valence-electron chi connectivity index (χ0n) is 10.1. The van der Waals surface area contributed by atoms with E-state index in [0.717, 1.165) is 0 Å². The van der Waals surface area contributed by atoms with Crippen LogP contribution in [-0.4, -0.2) is 19.1 Å². The molecule has 0 spiro atoms. The molecule has 0 saturated heterocycles. The predicted molar refractivity (Wildman–Crippen MR) is 77.9 cm³/mol. The van der Waals surface area contributed by atoms with Crippen LogP contribution in [0.3, 0.4) is 0 Å². The van der Waals surface area contributed by atoms with Crippen molar-refractivity contribution in [1.82, 2.24) is 0 Å². The molecule has 0 heterocycles. The minimum Gasteiger partial charge on any atom is -0.466 e. The average Bonchev–Trinajstić information content (AvgIpc) is 2.31. The Morgan fingerprint density at radius 1 is 1.56 bits per heavy atom. The highest BCUT2D eigenvalue weighted by molar-refractivity contribution is 14.1. The van der Waals surface area contributed by atoms with Gasteiger partial charge in [-0.1, -0.05) is 0 Å². The Morgan fingerprint density at radius 3 is 2.94 bits per heavy atom. The number of carbonyl (C=O) groups is 1. The Balaban J connectivity index is 2.40. The van der Waals surface area contributed by atoms with Crippen molar-refractivity contribution in [3.63, 3.8) is 0 Å². The van der Waals surface area contributed by atoms with Crippen LogP contribution in [0.1, 0.15) is 19.8 Å². The molecule has 0 radical (unpaired) electrons. The highest BCUT2D eigenvalue weighted by Crippen LogP contribution is 2.23. The lowest BCUT2D eigenvalue weighted by atomic mass is 10.2. The molecular weight excluding hydrogens is 350 g/mol. The highest BCUT2D eigenvalue weighted by atomic mass is 127. The molecule has 0 unspecified atom stereocenters. The van der Waals surface area contributed by atoms with Crippen LogP contribution < -0.4 is 11.1 Å². The molecule has 6 heteroatoms. The summed E-state index contributed by atoms with van der Waals surface area (Å²) in [4.78, 5) is 11.1. The lowest BCUT2D eigenvalue weighted by molar-refractivity contribution is -0.143. The molecular formula is C12H16FIN2O2. The molecule has 0 aliphatic heterocycles. The first-order valence-corrected chi connectivity index (χ1v) is 6.76. The van der Waals surface area contributed by atoms with Gasteiger partial charge in [0.05, 0.1) is 21.6 Å². The monoisotopic (exact) mass is 366 g/mol. The molecule has 1 rings (SSSR count). The van der Waals surface area contributed by atoms with Crippen molar-refractivity contribution in [3.8, 4) is 0 Å². The molecule has 0 atom stereocenters. The average molecular weight is 366 g/mol. The lowest BCUT2D eigenvalue weighted by Gasteiger charge is -2.10.